The molecule has 3 heterocycles. The number of fused-ring (bicyclic) bond motifs is 1. The molecule has 0 radical (unpaired) electrons. The summed E-state index contributed by atoms with van der Waals surface area (Å²) in [5.74, 6) is 1.83. The number of hydrogen-bond acceptors (Lipinski definition) is 3. The summed E-state index contributed by atoms with van der Waals surface area (Å²) in [7, 11) is 0. The van der Waals surface area contributed by atoms with Crippen LogP contribution in [0, 0.1) is 5.92 Å². The van der Waals surface area contributed by atoms with Gasteiger partial charge in [-0.1, -0.05) is 63.1 Å². The molecule has 188 valence electrons. The van der Waals surface area contributed by atoms with Crippen molar-refractivity contribution in [2.24, 2.45) is 5.92 Å². The maximum atomic E-state index is 4.83. The van der Waals surface area contributed by atoms with Crippen LogP contribution in [0.3, 0.4) is 0 Å². The minimum absolute atomic E-state index is 0.389. The van der Waals surface area contributed by atoms with E-state index < -0.39 is 0 Å². The van der Waals surface area contributed by atoms with Gasteiger partial charge in [0.25, 0.3) is 0 Å². The van der Waals surface area contributed by atoms with Crippen LogP contribution in [0.25, 0.3) is 6.08 Å². The van der Waals surface area contributed by atoms with E-state index in [9.17, 15) is 0 Å². The zero-order chi connectivity index (χ0) is 25.1. The third-order valence-electron chi connectivity index (χ3n) is 8.66. The van der Waals surface area contributed by atoms with Crippen molar-refractivity contribution in [3.63, 3.8) is 0 Å². The molecule has 0 N–H and O–H groups in total. The molecule has 2 saturated heterocycles. The third kappa shape index (κ3) is 5.42. The van der Waals surface area contributed by atoms with Crippen molar-refractivity contribution >= 4 is 6.08 Å². The molecular weight excluding hydrogens is 438 g/mol. The first-order valence-corrected chi connectivity index (χ1v) is 13.8. The molecule has 0 amide bonds. The van der Waals surface area contributed by atoms with E-state index in [1.807, 2.05) is 6.08 Å². The maximum Gasteiger partial charge on any atom is 0.0450 e. The fraction of sp³-hybridized carbons (Fsp3) is 0.424. The average Bonchev–Trinajstić information content (AvgIpc) is 2.89. The lowest BCUT2D eigenvalue weighted by Gasteiger charge is -2.42. The third-order valence-corrected chi connectivity index (χ3v) is 8.66. The summed E-state index contributed by atoms with van der Waals surface area (Å²) in [6.07, 6.45) is 14.1. The van der Waals surface area contributed by atoms with Gasteiger partial charge in [-0.3, -0.25) is 4.98 Å². The second-order valence-electron chi connectivity index (χ2n) is 10.9. The van der Waals surface area contributed by atoms with Gasteiger partial charge in [-0.25, -0.2) is 0 Å². The molecule has 2 fully saturated rings. The molecular formula is C33H41N3. The van der Waals surface area contributed by atoms with Gasteiger partial charge in [0.05, 0.1) is 0 Å². The smallest absolute Gasteiger partial charge is 0.0450 e. The normalized spacial score (nSPS) is 20.8. The Morgan fingerprint density at radius 3 is 2.53 bits per heavy atom. The molecule has 2 aromatic rings. The Balaban J connectivity index is 1.22. The molecule has 3 nitrogen and oxygen atoms in total. The van der Waals surface area contributed by atoms with Crippen LogP contribution >= 0.6 is 0 Å². The second kappa shape index (κ2) is 11.0. The van der Waals surface area contributed by atoms with E-state index in [2.05, 4.69) is 85.1 Å². The monoisotopic (exact) mass is 479 g/mol. The number of hydrogen-bond donors (Lipinski definition) is 0. The molecule has 36 heavy (non-hydrogen) atoms. The van der Waals surface area contributed by atoms with Gasteiger partial charge in [0.1, 0.15) is 0 Å². The van der Waals surface area contributed by atoms with E-state index in [1.54, 1.807) is 0 Å². The predicted octanol–water partition coefficient (Wildman–Crippen LogP) is 6.95. The Kier molecular flexibility index (Phi) is 7.57. The van der Waals surface area contributed by atoms with Crippen LogP contribution in [0.4, 0.5) is 0 Å². The van der Waals surface area contributed by atoms with Gasteiger partial charge in [0, 0.05) is 43.0 Å². The number of benzene rings is 1. The first-order valence-electron chi connectivity index (χ1n) is 13.8. The quantitative estimate of drug-likeness (QED) is 0.363. The van der Waals surface area contributed by atoms with E-state index in [0.717, 1.165) is 43.2 Å². The van der Waals surface area contributed by atoms with Crippen LogP contribution in [-0.2, 0) is 6.42 Å². The molecule has 1 unspecified atom stereocenters. The summed E-state index contributed by atoms with van der Waals surface area (Å²) in [5, 5.41) is 0. The van der Waals surface area contributed by atoms with Crippen LogP contribution in [0.5, 0.6) is 0 Å². The molecule has 3 heteroatoms. The van der Waals surface area contributed by atoms with E-state index >= 15 is 0 Å². The van der Waals surface area contributed by atoms with Crippen LogP contribution < -0.4 is 0 Å². The minimum Gasteiger partial charge on any atom is -0.371 e. The van der Waals surface area contributed by atoms with Gasteiger partial charge >= 0.3 is 0 Å². The van der Waals surface area contributed by atoms with Gasteiger partial charge in [0.2, 0.25) is 0 Å². The number of piperidine rings is 1. The van der Waals surface area contributed by atoms with Gasteiger partial charge in [-0.2, -0.15) is 0 Å². The standard InChI is InChI=1S/C33H41N3/c1-5-25(4)36-22-27(23-36)10-14-32-24(3)7-11-30-21-34-31(20-33(30)32)19-26-8-12-28(13-9-26)29-15-17-35(6-2)18-16-29/h5,7-9,11-13,20-21,27,29,32H,1,3-4,6,10,14-19,22-23H2,2H3. The van der Waals surface area contributed by atoms with Crippen LogP contribution in [-0.4, -0.2) is 47.5 Å². The van der Waals surface area contributed by atoms with Crippen molar-refractivity contribution in [3.05, 3.63) is 108 Å². The van der Waals surface area contributed by atoms with Crippen LogP contribution in [0.15, 0.2) is 79.7 Å². The first-order chi connectivity index (χ1) is 17.5. The highest BCUT2D eigenvalue weighted by Gasteiger charge is 2.29. The summed E-state index contributed by atoms with van der Waals surface area (Å²) in [6.45, 7) is 20.4. The topological polar surface area (TPSA) is 19.4 Å². The van der Waals surface area contributed by atoms with Crippen LogP contribution in [0.2, 0.25) is 0 Å². The van der Waals surface area contributed by atoms with Gasteiger partial charge in [0.15, 0.2) is 0 Å². The molecule has 2 aliphatic heterocycles. The Hall–Kier alpha value is -2.91. The Labute approximate surface area is 217 Å². The summed E-state index contributed by atoms with van der Waals surface area (Å²) >= 11 is 0. The lowest BCUT2D eigenvalue weighted by Crippen LogP contribution is -2.45. The largest absolute Gasteiger partial charge is 0.371 e. The summed E-state index contributed by atoms with van der Waals surface area (Å²) in [5.41, 5.74) is 8.93. The van der Waals surface area contributed by atoms with E-state index in [1.165, 1.54) is 66.7 Å². The van der Waals surface area contributed by atoms with Gasteiger partial charge in [-0.05, 0) is 97.1 Å². The van der Waals surface area contributed by atoms with Crippen molar-refractivity contribution in [2.45, 2.75) is 50.9 Å². The molecule has 1 aliphatic carbocycles. The molecule has 1 aromatic heterocycles. The van der Waals surface area contributed by atoms with Crippen molar-refractivity contribution < 1.29 is 0 Å². The number of pyridine rings is 1. The molecule has 0 bridgehead atoms. The lowest BCUT2D eigenvalue weighted by molar-refractivity contribution is 0.137. The Bertz CT molecular complexity index is 1130. The van der Waals surface area contributed by atoms with E-state index in [4.69, 9.17) is 4.98 Å². The fourth-order valence-electron chi connectivity index (χ4n) is 6.14. The van der Waals surface area contributed by atoms with Crippen LogP contribution in [0.1, 0.15) is 72.4 Å². The zero-order valence-corrected chi connectivity index (χ0v) is 22.0. The summed E-state index contributed by atoms with van der Waals surface area (Å²) < 4.78 is 0. The van der Waals surface area contributed by atoms with E-state index in [-0.39, 0.29) is 0 Å². The molecule has 1 atom stereocenters. The molecule has 0 spiro atoms. The highest BCUT2D eigenvalue weighted by Crippen LogP contribution is 2.38. The molecule has 1 aromatic carbocycles. The Morgan fingerprint density at radius 1 is 1.08 bits per heavy atom. The fourth-order valence-corrected chi connectivity index (χ4v) is 6.14. The summed E-state index contributed by atoms with van der Waals surface area (Å²) in [4.78, 5) is 9.71. The highest BCUT2D eigenvalue weighted by atomic mass is 15.2. The zero-order valence-electron chi connectivity index (χ0n) is 22.0. The number of rotatable bonds is 9. The SMILES string of the molecule is C=CC(=C)N1CC(CCC2C(=C)C=Cc3cnc(Cc4ccc(C5CCN(CC)CC5)cc4)cc32)C1. The number of allylic oxidation sites excluding steroid dienone is 3. The number of nitrogens with zero attached hydrogens (tertiary/aromatic N) is 3. The summed E-state index contributed by atoms with van der Waals surface area (Å²) in [6, 6.07) is 11.7. The van der Waals surface area contributed by atoms with Gasteiger partial charge < -0.3 is 9.80 Å². The first kappa shape index (κ1) is 24.8. The lowest BCUT2D eigenvalue weighted by atomic mass is 9.79. The minimum atomic E-state index is 0.389. The number of aromatic nitrogens is 1. The Morgan fingerprint density at radius 2 is 1.83 bits per heavy atom. The second-order valence-corrected chi connectivity index (χ2v) is 10.9. The molecule has 0 saturated carbocycles. The van der Waals surface area contributed by atoms with E-state index in [0.29, 0.717) is 11.8 Å². The van der Waals surface area contributed by atoms with Crippen molar-refractivity contribution in [3.8, 4) is 0 Å². The molecule has 3 aliphatic rings. The average molecular weight is 480 g/mol. The van der Waals surface area contributed by atoms with Crippen molar-refractivity contribution in [1.82, 2.24) is 14.8 Å². The van der Waals surface area contributed by atoms with Crippen molar-refractivity contribution in [1.29, 1.82) is 0 Å². The molecule has 5 rings (SSSR count). The maximum absolute atomic E-state index is 4.83. The van der Waals surface area contributed by atoms with Crippen molar-refractivity contribution in [2.75, 3.05) is 32.7 Å². The predicted molar refractivity (Wildman–Crippen MR) is 152 cm³/mol. The number of likely N-dealkylation sites (tertiary alicyclic amines) is 2. The van der Waals surface area contributed by atoms with Gasteiger partial charge in [-0.15, -0.1) is 0 Å². The highest BCUT2D eigenvalue weighted by molar-refractivity contribution is 5.63.